The Bertz CT molecular complexity index is 768. The first-order valence-electron chi connectivity index (χ1n) is 11.2. The standard InChI is InChI=1S/C25H32O6/c1-3-23(26)29-16-30-24(27)20-12-14-22(15-13-20)31-25(28)21-10-8-19(9-11-21)18-6-4-17(2)5-7-18/h3,12-15,17-19,21H,1,4-11,16H2,2H3. The van der Waals surface area contributed by atoms with E-state index in [-0.39, 0.29) is 17.5 Å². The molecule has 6 heteroatoms. The maximum absolute atomic E-state index is 12.6. The maximum atomic E-state index is 12.6. The lowest BCUT2D eigenvalue weighted by Crippen LogP contribution is -2.29. The molecule has 0 saturated heterocycles. The van der Waals surface area contributed by atoms with E-state index in [1.807, 2.05) is 0 Å². The van der Waals surface area contributed by atoms with Gasteiger partial charge >= 0.3 is 17.9 Å². The summed E-state index contributed by atoms with van der Waals surface area (Å²) >= 11 is 0. The summed E-state index contributed by atoms with van der Waals surface area (Å²) in [4.78, 5) is 35.4. The fraction of sp³-hybridized carbons (Fsp3) is 0.560. The summed E-state index contributed by atoms with van der Waals surface area (Å²) in [5.74, 6) is 1.31. The van der Waals surface area contributed by atoms with E-state index in [1.54, 1.807) is 12.1 Å². The molecule has 6 nitrogen and oxygen atoms in total. The second-order valence-corrected chi connectivity index (χ2v) is 8.79. The topological polar surface area (TPSA) is 78.9 Å². The van der Waals surface area contributed by atoms with Crippen LogP contribution < -0.4 is 4.74 Å². The number of rotatable bonds is 7. The number of ether oxygens (including phenoxy) is 3. The van der Waals surface area contributed by atoms with Crippen LogP contribution in [0.5, 0.6) is 5.75 Å². The molecule has 1 aromatic rings. The maximum Gasteiger partial charge on any atom is 0.341 e. The smallest absolute Gasteiger partial charge is 0.341 e. The zero-order valence-electron chi connectivity index (χ0n) is 18.2. The van der Waals surface area contributed by atoms with Gasteiger partial charge in [0, 0.05) is 6.08 Å². The second-order valence-electron chi connectivity index (χ2n) is 8.79. The van der Waals surface area contributed by atoms with Crippen molar-refractivity contribution in [2.24, 2.45) is 23.7 Å². The minimum Gasteiger partial charge on any atom is -0.426 e. The van der Waals surface area contributed by atoms with E-state index >= 15 is 0 Å². The molecule has 168 valence electrons. The van der Waals surface area contributed by atoms with Gasteiger partial charge in [-0.05, 0) is 80.5 Å². The number of benzene rings is 1. The van der Waals surface area contributed by atoms with Crippen LogP contribution in [-0.4, -0.2) is 24.7 Å². The van der Waals surface area contributed by atoms with Crippen molar-refractivity contribution >= 4 is 17.9 Å². The van der Waals surface area contributed by atoms with Gasteiger partial charge in [-0.25, -0.2) is 9.59 Å². The van der Waals surface area contributed by atoms with Crippen LogP contribution in [0, 0.1) is 23.7 Å². The Hall–Kier alpha value is -2.63. The van der Waals surface area contributed by atoms with E-state index in [2.05, 4.69) is 18.2 Å². The van der Waals surface area contributed by atoms with Gasteiger partial charge in [0.1, 0.15) is 5.75 Å². The number of carbonyl (C=O) groups excluding carboxylic acids is 3. The molecule has 0 aromatic heterocycles. The highest BCUT2D eigenvalue weighted by Crippen LogP contribution is 2.41. The summed E-state index contributed by atoms with van der Waals surface area (Å²) < 4.78 is 15.0. The van der Waals surface area contributed by atoms with Gasteiger partial charge in [-0.2, -0.15) is 0 Å². The quantitative estimate of drug-likeness (QED) is 0.261. The van der Waals surface area contributed by atoms with Gasteiger partial charge < -0.3 is 14.2 Å². The third-order valence-corrected chi connectivity index (χ3v) is 6.70. The molecule has 3 rings (SSSR count). The lowest BCUT2D eigenvalue weighted by molar-refractivity contribution is -0.146. The number of hydrogen-bond donors (Lipinski definition) is 0. The Labute approximate surface area is 183 Å². The molecule has 0 aliphatic heterocycles. The van der Waals surface area contributed by atoms with E-state index in [0.717, 1.165) is 49.5 Å². The van der Waals surface area contributed by atoms with Gasteiger partial charge in [0.2, 0.25) is 6.79 Å². The molecule has 2 fully saturated rings. The fourth-order valence-corrected chi connectivity index (χ4v) is 4.73. The highest BCUT2D eigenvalue weighted by Gasteiger charge is 2.33. The molecule has 31 heavy (non-hydrogen) atoms. The molecule has 0 heterocycles. The van der Waals surface area contributed by atoms with E-state index in [4.69, 9.17) is 9.47 Å². The average Bonchev–Trinajstić information content (AvgIpc) is 2.80. The van der Waals surface area contributed by atoms with Gasteiger partial charge in [-0.15, -0.1) is 0 Å². The summed E-state index contributed by atoms with van der Waals surface area (Å²) in [7, 11) is 0. The summed E-state index contributed by atoms with van der Waals surface area (Å²) in [6.45, 7) is 5.12. The van der Waals surface area contributed by atoms with Crippen LogP contribution in [0.4, 0.5) is 0 Å². The van der Waals surface area contributed by atoms with E-state index in [9.17, 15) is 14.4 Å². The Morgan fingerprint density at radius 2 is 1.48 bits per heavy atom. The molecule has 1 aromatic carbocycles. The molecular formula is C25H32O6. The van der Waals surface area contributed by atoms with Crippen LogP contribution in [-0.2, 0) is 19.1 Å². The minimum absolute atomic E-state index is 0.0528. The van der Waals surface area contributed by atoms with Gasteiger partial charge in [0.05, 0.1) is 11.5 Å². The summed E-state index contributed by atoms with van der Waals surface area (Å²) in [6.07, 6.45) is 10.4. The van der Waals surface area contributed by atoms with Crippen molar-refractivity contribution < 1.29 is 28.6 Å². The largest absolute Gasteiger partial charge is 0.426 e. The Balaban J connectivity index is 1.42. The molecule has 0 amide bonds. The fourth-order valence-electron chi connectivity index (χ4n) is 4.73. The third-order valence-electron chi connectivity index (χ3n) is 6.70. The molecule has 2 aliphatic rings. The number of esters is 3. The summed E-state index contributed by atoms with van der Waals surface area (Å²) in [5, 5.41) is 0. The van der Waals surface area contributed by atoms with Crippen molar-refractivity contribution in [3.05, 3.63) is 42.5 Å². The first-order chi connectivity index (χ1) is 15.0. The molecule has 0 atom stereocenters. The van der Waals surface area contributed by atoms with E-state index in [1.165, 1.54) is 37.8 Å². The van der Waals surface area contributed by atoms with Crippen molar-refractivity contribution in [3.8, 4) is 5.75 Å². The van der Waals surface area contributed by atoms with Crippen molar-refractivity contribution in [2.75, 3.05) is 6.79 Å². The van der Waals surface area contributed by atoms with Gasteiger partial charge in [0.25, 0.3) is 0 Å². The third kappa shape index (κ3) is 6.68. The van der Waals surface area contributed by atoms with Crippen molar-refractivity contribution in [1.82, 2.24) is 0 Å². The SMILES string of the molecule is C=CC(=O)OCOC(=O)c1ccc(OC(=O)C2CCC(C3CCC(C)CC3)CC2)cc1. The van der Waals surface area contributed by atoms with Crippen LogP contribution in [0.15, 0.2) is 36.9 Å². The molecular weight excluding hydrogens is 396 g/mol. The van der Waals surface area contributed by atoms with Crippen LogP contribution >= 0.6 is 0 Å². The summed E-state index contributed by atoms with van der Waals surface area (Å²) in [6, 6.07) is 6.17. The molecule has 0 N–H and O–H groups in total. The summed E-state index contributed by atoms with van der Waals surface area (Å²) in [5.41, 5.74) is 0.275. The number of carbonyl (C=O) groups is 3. The molecule has 0 bridgehead atoms. The van der Waals surface area contributed by atoms with Crippen LogP contribution in [0.25, 0.3) is 0 Å². The Morgan fingerprint density at radius 1 is 0.903 bits per heavy atom. The van der Waals surface area contributed by atoms with Gasteiger partial charge in [-0.3, -0.25) is 4.79 Å². The lowest BCUT2D eigenvalue weighted by Gasteiger charge is -2.36. The van der Waals surface area contributed by atoms with Crippen molar-refractivity contribution in [2.45, 2.75) is 58.3 Å². The zero-order chi connectivity index (χ0) is 22.2. The van der Waals surface area contributed by atoms with Crippen LogP contribution in [0.2, 0.25) is 0 Å². The minimum atomic E-state index is -0.669. The van der Waals surface area contributed by atoms with Gasteiger partial charge in [0.15, 0.2) is 0 Å². The Morgan fingerprint density at radius 3 is 2.06 bits per heavy atom. The van der Waals surface area contributed by atoms with Crippen molar-refractivity contribution in [1.29, 1.82) is 0 Å². The second kappa shape index (κ2) is 11.1. The predicted molar refractivity (Wildman–Crippen MR) is 115 cm³/mol. The molecule has 2 saturated carbocycles. The first kappa shape index (κ1) is 23.0. The van der Waals surface area contributed by atoms with Crippen LogP contribution in [0.1, 0.15) is 68.6 Å². The molecule has 0 unspecified atom stereocenters. The zero-order valence-corrected chi connectivity index (χ0v) is 18.2. The predicted octanol–water partition coefficient (Wildman–Crippen LogP) is 5.07. The molecule has 0 spiro atoms. The highest BCUT2D eigenvalue weighted by atomic mass is 16.7. The van der Waals surface area contributed by atoms with E-state index < -0.39 is 18.7 Å². The molecule has 0 radical (unpaired) electrons. The van der Waals surface area contributed by atoms with Crippen LogP contribution in [0.3, 0.4) is 0 Å². The highest BCUT2D eigenvalue weighted by molar-refractivity contribution is 5.89. The number of hydrogen-bond acceptors (Lipinski definition) is 6. The normalized spacial score (nSPS) is 25.8. The lowest BCUT2D eigenvalue weighted by atomic mass is 9.69. The Kier molecular flexibility index (Phi) is 8.27. The van der Waals surface area contributed by atoms with E-state index in [0.29, 0.717) is 5.75 Å². The average molecular weight is 429 g/mol. The van der Waals surface area contributed by atoms with Gasteiger partial charge in [-0.1, -0.05) is 26.3 Å². The monoisotopic (exact) mass is 428 g/mol. The van der Waals surface area contributed by atoms with Crippen molar-refractivity contribution in [3.63, 3.8) is 0 Å². The first-order valence-corrected chi connectivity index (χ1v) is 11.2. The molecule has 2 aliphatic carbocycles.